The van der Waals surface area contributed by atoms with E-state index in [2.05, 4.69) is 5.32 Å². The maximum atomic E-state index is 12.7. The van der Waals surface area contributed by atoms with Gasteiger partial charge < -0.3 is 19.9 Å². The molecule has 2 N–H and O–H groups in total. The number of ether oxygens (including phenoxy) is 1. The maximum absolute atomic E-state index is 12.7. The zero-order chi connectivity index (χ0) is 21.7. The molecule has 0 radical (unpaired) electrons. The second-order valence-electron chi connectivity index (χ2n) is 8.14. The predicted molar refractivity (Wildman–Crippen MR) is 118 cm³/mol. The van der Waals surface area contributed by atoms with Gasteiger partial charge in [-0.25, -0.2) is 0 Å². The van der Waals surface area contributed by atoms with E-state index in [1.807, 2.05) is 68.1 Å². The molecule has 1 heterocycles. The summed E-state index contributed by atoms with van der Waals surface area (Å²) in [6.45, 7) is 11.0. The number of carbonyl (C=O) groups is 2. The molecule has 6 nitrogen and oxygen atoms in total. The minimum absolute atomic E-state index is 0.00413. The summed E-state index contributed by atoms with van der Waals surface area (Å²) in [6, 6.07) is 13.7. The lowest BCUT2D eigenvalue weighted by molar-refractivity contribution is -0.895. The molecular formula is C24H32N3O3+. The third-order valence-electron chi connectivity index (χ3n) is 5.59. The smallest absolute Gasteiger partial charge is 0.279 e. The zero-order valence-electron chi connectivity index (χ0n) is 18.3. The Kier molecular flexibility index (Phi) is 7.11. The number of aryl methyl sites for hydroxylation is 3. The third-order valence-corrected chi connectivity index (χ3v) is 5.59. The van der Waals surface area contributed by atoms with Gasteiger partial charge in [0.1, 0.15) is 5.75 Å². The number of rotatable bonds is 6. The van der Waals surface area contributed by atoms with Crippen LogP contribution >= 0.6 is 0 Å². The van der Waals surface area contributed by atoms with Crippen LogP contribution in [0.25, 0.3) is 0 Å². The summed E-state index contributed by atoms with van der Waals surface area (Å²) in [4.78, 5) is 28.3. The van der Waals surface area contributed by atoms with Crippen LogP contribution in [0.3, 0.4) is 0 Å². The molecule has 1 aliphatic heterocycles. The average molecular weight is 411 g/mol. The lowest BCUT2D eigenvalue weighted by Crippen LogP contribution is -3.15. The van der Waals surface area contributed by atoms with Gasteiger partial charge in [0.25, 0.3) is 11.8 Å². The van der Waals surface area contributed by atoms with Crippen molar-refractivity contribution in [1.82, 2.24) is 4.90 Å². The highest BCUT2D eigenvalue weighted by Crippen LogP contribution is 2.19. The van der Waals surface area contributed by atoms with Gasteiger partial charge in [-0.1, -0.05) is 30.3 Å². The number of hydrogen-bond donors (Lipinski definition) is 2. The molecule has 3 rings (SSSR count). The van der Waals surface area contributed by atoms with E-state index in [1.54, 1.807) is 6.92 Å². The van der Waals surface area contributed by atoms with Crippen molar-refractivity contribution in [3.05, 3.63) is 59.2 Å². The summed E-state index contributed by atoms with van der Waals surface area (Å²) in [5, 5.41) is 3.05. The van der Waals surface area contributed by atoms with Crippen LogP contribution < -0.4 is 15.0 Å². The first-order chi connectivity index (χ1) is 14.3. The third kappa shape index (κ3) is 5.60. The van der Waals surface area contributed by atoms with Gasteiger partial charge >= 0.3 is 0 Å². The van der Waals surface area contributed by atoms with E-state index in [4.69, 9.17) is 4.74 Å². The minimum atomic E-state index is -0.527. The molecule has 160 valence electrons. The number of quaternary nitrogens is 1. The molecule has 0 bridgehead atoms. The number of para-hydroxylation sites is 1. The van der Waals surface area contributed by atoms with E-state index in [0.29, 0.717) is 25.4 Å². The van der Waals surface area contributed by atoms with Gasteiger partial charge in [-0.2, -0.15) is 0 Å². The Bertz CT molecular complexity index is 884. The summed E-state index contributed by atoms with van der Waals surface area (Å²) in [5.41, 5.74) is 4.13. The van der Waals surface area contributed by atoms with Crippen LogP contribution in [0.1, 0.15) is 23.6 Å². The Morgan fingerprint density at radius 2 is 1.70 bits per heavy atom. The minimum Gasteiger partial charge on any atom is -0.481 e. The Morgan fingerprint density at radius 3 is 2.33 bits per heavy atom. The summed E-state index contributed by atoms with van der Waals surface area (Å²) in [5.74, 6) is 0.720. The van der Waals surface area contributed by atoms with Gasteiger partial charge in [-0.05, 0) is 56.5 Å². The van der Waals surface area contributed by atoms with Crippen molar-refractivity contribution in [1.29, 1.82) is 0 Å². The topological polar surface area (TPSA) is 63.1 Å². The van der Waals surface area contributed by atoms with E-state index in [1.165, 1.54) is 4.90 Å². The average Bonchev–Trinajstić information content (AvgIpc) is 2.71. The second-order valence-corrected chi connectivity index (χ2v) is 8.14. The van der Waals surface area contributed by atoms with Crippen molar-refractivity contribution in [2.24, 2.45) is 0 Å². The molecule has 6 heteroatoms. The summed E-state index contributed by atoms with van der Waals surface area (Å²) in [6.07, 6.45) is -0.527. The maximum Gasteiger partial charge on any atom is 0.279 e. The monoisotopic (exact) mass is 410 g/mol. The molecule has 1 fully saturated rings. The number of amides is 2. The van der Waals surface area contributed by atoms with Crippen molar-refractivity contribution >= 4 is 17.5 Å². The molecule has 0 aromatic heterocycles. The first-order valence-electron chi connectivity index (χ1n) is 10.5. The van der Waals surface area contributed by atoms with Crippen molar-refractivity contribution in [2.45, 2.75) is 33.8 Å². The number of anilines is 1. The molecule has 30 heavy (non-hydrogen) atoms. The molecule has 0 aliphatic carbocycles. The van der Waals surface area contributed by atoms with E-state index in [-0.39, 0.29) is 11.8 Å². The van der Waals surface area contributed by atoms with Crippen molar-refractivity contribution in [3.8, 4) is 5.75 Å². The van der Waals surface area contributed by atoms with Crippen LogP contribution in [0.15, 0.2) is 42.5 Å². The highest BCUT2D eigenvalue weighted by molar-refractivity contribution is 5.93. The first-order valence-corrected chi connectivity index (χ1v) is 10.5. The molecule has 2 amide bonds. The van der Waals surface area contributed by atoms with E-state index >= 15 is 0 Å². The van der Waals surface area contributed by atoms with Crippen LogP contribution in [-0.4, -0.2) is 55.5 Å². The normalized spacial score (nSPS) is 15.5. The summed E-state index contributed by atoms with van der Waals surface area (Å²) < 4.78 is 5.83. The molecule has 2 aromatic rings. The number of piperazine rings is 1. The Morgan fingerprint density at radius 1 is 1.07 bits per heavy atom. The first kappa shape index (κ1) is 21.8. The quantitative estimate of drug-likeness (QED) is 0.763. The van der Waals surface area contributed by atoms with Crippen LogP contribution in [0.4, 0.5) is 5.69 Å². The standard InChI is InChI=1S/C24H31N3O3/c1-17-7-5-10-21(15-17)30-20(4)24(29)27-13-11-26(12-14-27)16-22(28)25-23-18(2)8-6-9-19(23)3/h5-10,15,20H,11-14,16H2,1-4H3,(H,25,28)/p+1/t20-/m1/s1. The highest BCUT2D eigenvalue weighted by Gasteiger charge is 2.29. The molecule has 0 spiro atoms. The number of hydrogen-bond acceptors (Lipinski definition) is 3. The fraction of sp³-hybridized carbons (Fsp3) is 0.417. The van der Waals surface area contributed by atoms with Gasteiger partial charge in [0, 0.05) is 5.69 Å². The molecule has 0 unspecified atom stereocenters. The number of carbonyl (C=O) groups excluding carboxylic acids is 2. The van der Waals surface area contributed by atoms with Crippen molar-refractivity contribution < 1.29 is 19.2 Å². The van der Waals surface area contributed by atoms with Crippen LogP contribution in [0, 0.1) is 20.8 Å². The molecule has 1 atom stereocenters. The van der Waals surface area contributed by atoms with E-state index in [9.17, 15) is 9.59 Å². The van der Waals surface area contributed by atoms with Gasteiger partial charge in [-0.15, -0.1) is 0 Å². The van der Waals surface area contributed by atoms with Gasteiger partial charge in [0.05, 0.1) is 26.2 Å². The summed E-state index contributed by atoms with van der Waals surface area (Å²) in [7, 11) is 0. The van der Waals surface area contributed by atoms with Crippen molar-refractivity contribution in [3.63, 3.8) is 0 Å². The molecular weight excluding hydrogens is 378 g/mol. The van der Waals surface area contributed by atoms with E-state index in [0.717, 1.165) is 35.5 Å². The Labute approximate surface area is 178 Å². The molecule has 1 aliphatic rings. The van der Waals surface area contributed by atoms with Gasteiger partial charge in [0.15, 0.2) is 12.6 Å². The molecule has 2 aromatic carbocycles. The largest absolute Gasteiger partial charge is 0.481 e. The Hall–Kier alpha value is -2.86. The number of benzene rings is 2. The van der Waals surface area contributed by atoms with Crippen molar-refractivity contribution in [2.75, 3.05) is 38.0 Å². The van der Waals surface area contributed by atoms with Crippen LogP contribution in [-0.2, 0) is 9.59 Å². The van der Waals surface area contributed by atoms with Gasteiger partial charge in [0.2, 0.25) is 0 Å². The SMILES string of the molecule is Cc1cccc(O[C@H](C)C(=O)N2CC[NH+](CC(=O)Nc3c(C)cccc3C)CC2)c1. The predicted octanol–water partition coefficient (Wildman–Crippen LogP) is 1.74. The lowest BCUT2D eigenvalue weighted by Gasteiger charge is -2.33. The zero-order valence-corrected chi connectivity index (χ0v) is 18.3. The molecule has 0 saturated carbocycles. The van der Waals surface area contributed by atoms with Crippen LogP contribution in [0.2, 0.25) is 0 Å². The number of nitrogens with zero attached hydrogens (tertiary/aromatic N) is 1. The van der Waals surface area contributed by atoms with E-state index < -0.39 is 6.10 Å². The van der Waals surface area contributed by atoms with Crippen LogP contribution in [0.5, 0.6) is 5.75 Å². The highest BCUT2D eigenvalue weighted by atomic mass is 16.5. The Balaban J connectivity index is 1.47. The lowest BCUT2D eigenvalue weighted by atomic mass is 10.1. The molecule has 1 saturated heterocycles. The van der Waals surface area contributed by atoms with Gasteiger partial charge in [-0.3, -0.25) is 9.59 Å². The fourth-order valence-electron chi connectivity index (χ4n) is 3.84. The number of nitrogens with one attached hydrogen (secondary N) is 2. The fourth-order valence-corrected chi connectivity index (χ4v) is 3.84. The second kappa shape index (κ2) is 9.76. The summed E-state index contributed by atoms with van der Waals surface area (Å²) >= 11 is 0.